The zero-order chi connectivity index (χ0) is 18.4. The molecule has 2 unspecified atom stereocenters. The van der Waals surface area contributed by atoms with Crippen molar-refractivity contribution in [2.45, 2.75) is 44.8 Å². The van der Waals surface area contributed by atoms with E-state index in [0.717, 1.165) is 64.0 Å². The van der Waals surface area contributed by atoms with Crippen LogP contribution in [0.5, 0.6) is 0 Å². The third-order valence-electron chi connectivity index (χ3n) is 4.87. The van der Waals surface area contributed by atoms with Crippen LogP contribution in [0.3, 0.4) is 0 Å². The Balaban J connectivity index is 1.52. The van der Waals surface area contributed by atoms with E-state index in [1.54, 1.807) is 0 Å². The van der Waals surface area contributed by atoms with Crippen LogP contribution in [0.4, 0.5) is 14.5 Å². The lowest BCUT2D eigenvalue weighted by Crippen LogP contribution is -2.44. The van der Waals surface area contributed by atoms with Gasteiger partial charge >= 0.3 is 0 Å². The molecule has 2 heterocycles. The summed E-state index contributed by atoms with van der Waals surface area (Å²) in [5.74, 6) is -0.271. The van der Waals surface area contributed by atoms with E-state index < -0.39 is 11.6 Å². The van der Waals surface area contributed by atoms with Gasteiger partial charge in [0, 0.05) is 44.9 Å². The van der Waals surface area contributed by atoms with Crippen molar-refractivity contribution in [3.63, 3.8) is 0 Å². The SMILES string of the molecule is CCNC(=NCCC1CCCO1)NC1CCN(c2ccc(F)cc2F)C1. The van der Waals surface area contributed by atoms with Crippen LogP contribution >= 0.6 is 0 Å². The van der Waals surface area contributed by atoms with Crippen molar-refractivity contribution in [3.8, 4) is 0 Å². The number of rotatable bonds is 6. The van der Waals surface area contributed by atoms with Crippen molar-refractivity contribution in [2.24, 2.45) is 4.99 Å². The van der Waals surface area contributed by atoms with Gasteiger partial charge in [0.1, 0.15) is 11.6 Å². The molecule has 144 valence electrons. The number of guanidine groups is 1. The fourth-order valence-corrected chi connectivity index (χ4v) is 3.54. The summed E-state index contributed by atoms with van der Waals surface area (Å²) in [6.07, 6.45) is 4.43. The van der Waals surface area contributed by atoms with Crippen molar-refractivity contribution < 1.29 is 13.5 Å². The number of aliphatic imine (C=N–C) groups is 1. The van der Waals surface area contributed by atoms with E-state index in [1.807, 2.05) is 11.8 Å². The molecular formula is C19H28F2N4O. The number of ether oxygens (including phenoxy) is 1. The van der Waals surface area contributed by atoms with Crippen LogP contribution in [0.1, 0.15) is 32.6 Å². The van der Waals surface area contributed by atoms with Gasteiger partial charge in [-0.1, -0.05) is 0 Å². The van der Waals surface area contributed by atoms with Gasteiger partial charge in [0.15, 0.2) is 5.96 Å². The molecule has 2 N–H and O–H groups in total. The van der Waals surface area contributed by atoms with Crippen LogP contribution < -0.4 is 15.5 Å². The maximum Gasteiger partial charge on any atom is 0.191 e. The zero-order valence-electron chi connectivity index (χ0n) is 15.3. The Hall–Kier alpha value is -1.89. The molecule has 1 aromatic carbocycles. The van der Waals surface area contributed by atoms with Crippen molar-refractivity contribution in [3.05, 3.63) is 29.8 Å². The molecule has 3 rings (SSSR count). The molecule has 0 aliphatic carbocycles. The van der Waals surface area contributed by atoms with Gasteiger partial charge in [-0.3, -0.25) is 4.99 Å². The summed E-state index contributed by atoms with van der Waals surface area (Å²) in [5.41, 5.74) is 0.455. The maximum atomic E-state index is 14.0. The minimum absolute atomic E-state index is 0.181. The summed E-state index contributed by atoms with van der Waals surface area (Å²) in [6.45, 7) is 5.81. The molecule has 2 aliphatic heterocycles. The standard InChI is InChI=1S/C19H28F2N4O/c1-2-22-19(23-9-7-16-4-3-11-26-16)24-15-8-10-25(13-15)18-6-5-14(20)12-17(18)21/h5-6,12,15-16H,2-4,7-11,13H2,1H3,(H2,22,23,24). The average molecular weight is 366 g/mol. The van der Waals surface area contributed by atoms with Gasteiger partial charge in [-0.25, -0.2) is 8.78 Å². The van der Waals surface area contributed by atoms with E-state index in [9.17, 15) is 8.78 Å². The molecule has 26 heavy (non-hydrogen) atoms. The molecule has 1 aromatic rings. The average Bonchev–Trinajstić information content (AvgIpc) is 3.27. The molecule has 0 spiro atoms. The van der Waals surface area contributed by atoms with E-state index in [-0.39, 0.29) is 6.04 Å². The lowest BCUT2D eigenvalue weighted by Gasteiger charge is -2.21. The summed E-state index contributed by atoms with van der Waals surface area (Å²) >= 11 is 0. The third-order valence-corrected chi connectivity index (χ3v) is 4.87. The minimum atomic E-state index is -0.548. The topological polar surface area (TPSA) is 48.9 Å². The van der Waals surface area contributed by atoms with Crippen molar-refractivity contribution in [2.75, 3.05) is 37.7 Å². The molecule has 2 aliphatic rings. The van der Waals surface area contributed by atoms with Crippen LogP contribution in [0.25, 0.3) is 0 Å². The Bertz CT molecular complexity index is 620. The second kappa shape index (κ2) is 9.16. The van der Waals surface area contributed by atoms with Crippen LogP contribution in [0, 0.1) is 11.6 Å². The fraction of sp³-hybridized carbons (Fsp3) is 0.632. The lowest BCUT2D eigenvalue weighted by molar-refractivity contribution is 0.106. The van der Waals surface area contributed by atoms with Crippen molar-refractivity contribution >= 4 is 11.6 Å². The highest BCUT2D eigenvalue weighted by Gasteiger charge is 2.25. The van der Waals surface area contributed by atoms with E-state index in [2.05, 4.69) is 15.6 Å². The molecular weight excluding hydrogens is 338 g/mol. The number of anilines is 1. The largest absolute Gasteiger partial charge is 0.378 e. The normalized spacial score (nSPS) is 23.5. The smallest absolute Gasteiger partial charge is 0.191 e. The van der Waals surface area contributed by atoms with E-state index >= 15 is 0 Å². The highest BCUT2D eigenvalue weighted by molar-refractivity contribution is 5.80. The summed E-state index contributed by atoms with van der Waals surface area (Å²) in [6, 6.07) is 3.93. The van der Waals surface area contributed by atoms with Gasteiger partial charge < -0.3 is 20.3 Å². The molecule has 7 heteroatoms. The third kappa shape index (κ3) is 5.06. The molecule has 0 saturated carbocycles. The van der Waals surface area contributed by atoms with Crippen LogP contribution in [-0.4, -0.2) is 50.9 Å². The second-order valence-electron chi connectivity index (χ2n) is 6.86. The van der Waals surface area contributed by atoms with Crippen LogP contribution in [0.2, 0.25) is 0 Å². The molecule has 0 radical (unpaired) electrons. The Kier molecular flexibility index (Phi) is 6.66. The highest BCUT2D eigenvalue weighted by atomic mass is 19.1. The Morgan fingerprint density at radius 3 is 2.96 bits per heavy atom. The van der Waals surface area contributed by atoms with Crippen molar-refractivity contribution in [1.29, 1.82) is 0 Å². The second-order valence-corrected chi connectivity index (χ2v) is 6.86. The number of benzene rings is 1. The maximum absolute atomic E-state index is 14.0. The van der Waals surface area contributed by atoms with Crippen LogP contribution in [-0.2, 0) is 4.74 Å². The Morgan fingerprint density at radius 1 is 1.35 bits per heavy atom. The van der Waals surface area contributed by atoms with E-state index in [4.69, 9.17) is 4.74 Å². The van der Waals surface area contributed by atoms with Gasteiger partial charge in [-0.15, -0.1) is 0 Å². The Labute approximate surface area is 153 Å². The molecule has 5 nitrogen and oxygen atoms in total. The first-order valence-electron chi connectivity index (χ1n) is 9.52. The number of halogens is 2. The summed E-state index contributed by atoms with van der Waals surface area (Å²) in [4.78, 5) is 6.59. The number of nitrogens with zero attached hydrogens (tertiary/aromatic N) is 2. The quantitative estimate of drug-likeness (QED) is 0.600. The van der Waals surface area contributed by atoms with E-state index in [1.165, 1.54) is 12.1 Å². The summed E-state index contributed by atoms with van der Waals surface area (Å²) in [5, 5.41) is 6.70. The molecule has 0 aromatic heterocycles. The van der Waals surface area contributed by atoms with Crippen LogP contribution in [0.15, 0.2) is 23.2 Å². The minimum Gasteiger partial charge on any atom is -0.378 e. The Morgan fingerprint density at radius 2 is 2.23 bits per heavy atom. The van der Waals surface area contributed by atoms with Gasteiger partial charge in [0.05, 0.1) is 11.8 Å². The number of nitrogens with one attached hydrogen (secondary N) is 2. The van der Waals surface area contributed by atoms with Gasteiger partial charge in [0.25, 0.3) is 0 Å². The predicted octanol–water partition coefficient (Wildman–Crippen LogP) is 2.67. The highest BCUT2D eigenvalue weighted by Crippen LogP contribution is 2.24. The first-order valence-corrected chi connectivity index (χ1v) is 9.52. The molecule has 0 amide bonds. The molecule has 2 saturated heterocycles. The molecule has 2 fully saturated rings. The van der Waals surface area contributed by atoms with Gasteiger partial charge in [0.2, 0.25) is 0 Å². The van der Waals surface area contributed by atoms with Gasteiger partial charge in [-0.05, 0) is 44.7 Å². The monoisotopic (exact) mass is 366 g/mol. The number of hydrogen-bond donors (Lipinski definition) is 2. The zero-order valence-corrected chi connectivity index (χ0v) is 15.3. The van der Waals surface area contributed by atoms with E-state index in [0.29, 0.717) is 18.3 Å². The first-order chi connectivity index (χ1) is 12.7. The van der Waals surface area contributed by atoms with Gasteiger partial charge in [-0.2, -0.15) is 0 Å². The lowest BCUT2D eigenvalue weighted by atomic mass is 10.2. The number of hydrogen-bond acceptors (Lipinski definition) is 3. The summed E-state index contributed by atoms with van der Waals surface area (Å²) in [7, 11) is 0. The van der Waals surface area contributed by atoms with Crippen molar-refractivity contribution in [1.82, 2.24) is 10.6 Å². The fourth-order valence-electron chi connectivity index (χ4n) is 3.54. The first kappa shape index (κ1) is 18.9. The molecule has 2 atom stereocenters. The molecule has 0 bridgehead atoms. The summed E-state index contributed by atoms with van der Waals surface area (Å²) < 4.78 is 32.7. The predicted molar refractivity (Wildman–Crippen MR) is 99.7 cm³/mol.